The molecular weight excluding hydrogens is 851 g/mol. The summed E-state index contributed by atoms with van der Waals surface area (Å²) in [5.41, 5.74) is 11.9. The quantitative estimate of drug-likeness (QED) is 0.0689. The molecule has 1 aromatic heterocycles. The van der Waals surface area contributed by atoms with Crippen LogP contribution in [0.4, 0.5) is 10.5 Å². The van der Waals surface area contributed by atoms with Crippen molar-refractivity contribution in [2.24, 2.45) is 23.5 Å². The lowest BCUT2D eigenvalue weighted by Crippen LogP contribution is -2.61. The van der Waals surface area contributed by atoms with Gasteiger partial charge in [0.2, 0.25) is 5.91 Å². The number of nitrogens with two attached hydrogens (primary N) is 2. The number of anilines is 1. The number of amides is 2. The Kier molecular flexibility index (Phi) is 17.8. The Morgan fingerprint density at radius 3 is 2.48 bits per heavy atom. The molecule has 3 fully saturated rings. The molecule has 0 saturated carbocycles. The number of nitrogens with one attached hydrogen (secondary N) is 3. The number of rotatable bonds is 14. The molecule has 4 heterocycles. The summed E-state index contributed by atoms with van der Waals surface area (Å²) in [5.74, 6) is -3.78. The summed E-state index contributed by atoms with van der Waals surface area (Å²) in [6.45, 7) is 20.2. The van der Waals surface area contributed by atoms with Crippen molar-refractivity contribution in [2.45, 2.75) is 173 Å². The number of nitrogens with zero attached hydrogens (tertiary/aromatic N) is 4. The van der Waals surface area contributed by atoms with Gasteiger partial charge in [-0.25, -0.2) is 4.79 Å². The molecule has 8 N–H and O–H groups in total. The molecule has 5 rings (SSSR count). The van der Waals surface area contributed by atoms with Gasteiger partial charge in [0, 0.05) is 61.5 Å². The summed E-state index contributed by atoms with van der Waals surface area (Å²) in [4.78, 5) is 56.9. The number of hydrogen-bond donors (Lipinski definition) is 6. The Balaban J connectivity index is 1.34. The van der Waals surface area contributed by atoms with Crippen LogP contribution in [0, 0.1) is 17.8 Å². The lowest BCUT2D eigenvalue weighted by Gasteiger charge is -2.45. The molecule has 19 heteroatoms. The first-order valence-corrected chi connectivity index (χ1v) is 23.5. The monoisotopic (exact) mass is 928 g/mol. The van der Waals surface area contributed by atoms with Gasteiger partial charge >= 0.3 is 12.1 Å². The first-order valence-electron chi connectivity index (χ1n) is 23.5. The number of aryl methyl sites for hydroxylation is 1. The highest BCUT2D eigenvalue weighted by Gasteiger charge is 2.58. The number of carbonyl (C=O) groups is 4. The summed E-state index contributed by atoms with van der Waals surface area (Å²) in [7, 11) is 1.54. The van der Waals surface area contributed by atoms with Crippen molar-refractivity contribution in [3.63, 3.8) is 0 Å². The first kappa shape index (κ1) is 52.7. The van der Waals surface area contributed by atoms with Crippen LogP contribution in [0.15, 0.2) is 30.5 Å². The Hall–Kier alpha value is -4.24. The van der Waals surface area contributed by atoms with Crippen molar-refractivity contribution in [1.82, 2.24) is 35.8 Å². The van der Waals surface area contributed by atoms with E-state index >= 15 is 0 Å². The number of aliphatic hydroxyl groups excluding tert-OH is 1. The van der Waals surface area contributed by atoms with E-state index in [4.69, 9.17) is 35.2 Å². The number of aromatic nitrogens is 3. The molecule has 3 aliphatic heterocycles. The maximum absolute atomic E-state index is 14.5. The molecule has 0 aliphatic carbocycles. The molecule has 66 heavy (non-hydrogen) atoms. The van der Waals surface area contributed by atoms with E-state index < -0.39 is 83.7 Å². The lowest BCUT2D eigenvalue weighted by atomic mass is 9.78. The number of cyclic esters (lactones) is 1. The number of unbranched alkanes of at least 4 members (excludes halogenated alkanes) is 1. The van der Waals surface area contributed by atoms with Crippen LogP contribution in [0.5, 0.6) is 0 Å². The molecule has 0 spiro atoms. The highest BCUT2D eigenvalue weighted by Crippen LogP contribution is 2.40. The molecule has 0 bridgehead atoms. The van der Waals surface area contributed by atoms with Crippen LogP contribution in [0.25, 0.3) is 11.3 Å². The zero-order valence-electron chi connectivity index (χ0n) is 40.9. The first-order chi connectivity index (χ1) is 31.0. The van der Waals surface area contributed by atoms with Gasteiger partial charge in [-0.3, -0.25) is 24.0 Å². The number of benzene rings is 1. The predicted molar refractivity (Wildman–Crippen MR) is 248 cm³/mol. The standard InChI is InChI=1S/C47H77N9O10/c1-12-36-47(10)40(56(44(61)66-47)19-14-13-18-55-26-35(53-54-55)31-16-15-17-32(48)20-31)30(5)50-23-27(2)22-46(9,62-11)41(28(3)38(58)29(4)42(60)64-36)65-43-39(59)34(49)21-33(63-43)24-51-37(57)25-52-45(6,7)8/h15-17,20,26-30,33-34,36,39-41,43,50,52,59H,12-14,18-19,21-25,48-49H2,1-11H3,(H,51,57)/t27-,28+,29-,30-,33+,34?,36-,39?,40-,41-,43+,46-,47-/m1/s1. The van der Waals surface area contributed by atoms with Crippen molar-refractivity contribution < 1.29 is 48.0 Å². The zero-order valence-corrected chi connectivity index (χ0v) is 40.9. The molecule has 0 radical (unpaired) electrons. The number of hydrogen-bond acceptors (Lipinski definition) is 16. The molecule has 13 atom stereocenters. The van der Waals surface area contributed by atoms with E-state index in [1.165, 1.54) is 14.0 Å². The Morgan fingerprint density at radius 2 is 1.82 bits per heavy atom. The van der Waals surface area contributed by atoms with Gasteiger partial charge in [-0.15, -0.1) is 5.10 Å². The Bertz CT molecular complexity index is 1960. The van der Waals surface area contributed by atoms with Crippen LogP contribution in [0.1, 0.15) is 101 Å². The van der Waals surface area contributed by atoms with Gasteiger partial charge in [-0.2, -0.15) is 0 Å². The number of nitrogen functional groups attached to an aromatic ring is 1. The molecule has 3 aliphatic rings. The summed E-state index contributed by atoms with van der Waals surface area (Å²) in [5, 5.41) is 29.6. The molecule has 3 saturated heterocycles. The average molecular weight is 928 g/mol. The van der Waals surface area contributed by atoms with Crippen molar-refractivity contribution >= 4 is 29.4 Å². The molecule has 2 unspecified atom stereocenters. The predicted octanol–water partition coefficient (Wildman–Crippen LogP) is 3.17. The van der Waals surface area contributed by atoms with E-state index in [2.05, 4.69) is 26.3 Å². The van der Waals surface area contributed by atoms with Gasteiger partial charge in [0.05, 0.1) is 36.6 Å². The minimum absolute atomic E-state index is 0.0880. The summed E-state index contributed by atoms with van der Waals surface area (Å²) in [6.07, 6.45) is -1.49. The molecule has 370 valence electrons. The fourth-order valence-electron chi connectivity index (χ4n) is 9.65. The summed E-state index contributed by atoms with van der Waals surface area (Å²) in [6, 6.07) is 5.80. The Morgan fingerprint density at radius 1 is 1.11 bits per heavy atom. The second-order valence-corrected chi connectivity index (χ2v) is 20.1. The molecule has 2 amide bonds. The van der Waals surface area contributed by atoms with Crippen LogP contribution >= 0.6 is 0 Å². The maximum atomic E-state index is 14.5. The lowest BCUT2D eigenvalue weighted by molar-refractivity contribution is -0.290. The van der Waals surface area contributed by atoms with Gasteiger partial charge in [0.25, 0.3) is 0 Å². The van der Waals surface area contributed by atoms with Crippen LogP contribution in [0.2, 0.25) is 0 Å². The van der Waals surface area contributed by atoms with Crippen molar-refractivity contribution in [3.05, 3.63) is 30.5 Å². The van der Waals surface area contributed by atoms with Crippen LogP contribution in [-0.2, 0) is 44.6 Å². The minimum Gasteiger partial charge on any atom is -0.458 e. The third-order valence-electron chi connectivity index (χ3n) is 13.4. The largest absolute Gasteiger partial charge is 0.458 e. The van der Waals surface area contributed by atoms with Crippen molar-refractivity contribution in [2.75, 3.05) is 39.0 Å². The SMILES string of the molecule is CC[C@H]1OC(=O)[C@H](C)C(=O)[C@H](C)[C@@H](O[C@@H]2O[C@H](CNC(=O)CNC(C)(C)C)CC(N)C2O)[C@](C)(OC)C[C@@H](C)CN[C@H](C)[C@H]2N(CCCCn3cc(-c4cccc(N)c4)nn3)C(=O)O[C@]12C. The Labute approximate surface area is 390 Å². The average Bonchev–Trinajstić information content (AvgIpc) is 3.85. The van der Waals surface area contributed by atoms with Crippen LogP contribution in [0.3, 0.4) is 0 Å². The normalized spacial score (nSPS) is 33.9. The smallest absolute Gasteiger partial charge is 0.410 e. The molecule has 19 nitrogen and oxygen atoms in total. The third kappa shape index (κ3) is 12.8. The number of esters is 1. The van der Waals surface area contributed by atoms with Crippen molar-refractivity contribution in [1.29, 1.82) is 0 Å². The molecule has 1 aromatic carbocycles. The van der Waals surface area contributed by atoms with Crippen LogP contribution < -0.4 is 27.4 Å². The topological polar surface area (TPSA) is 257 Å². The van der Waals surface area contributed by atoms with E-state index in [0.717, 1.165) is 5.56 Å². The van der Waals surface area contributed by atoms with E-state index in [9.17, 15) is 24.3 Å². The second-order valence-electron chi connectivity index (χ2n) is 20.1. The number of ether oxygens (including phenoxy) is 5. The highest BCUT2D eigenvalue weighted by atomic mass is 16.7. The highest BCUT2D eigenvalue weighted by molar-refractivity contribution is 6.00. The second kappa shape index (κ2) is 22.2. The van der Waals surface area contributed by atoms with E-state index in [-0.39, 0.29) is 42.9 Å². The fraction of sp³-hybridized carbons (Fsp3) is 0.745. The minimum atomic E-state index is -1.29. The number of aliphatic hydroxyl groups is 1. The molecular formula is C47H77N9O10. The third-order valence-corrected chi connectivity index (χ3v) is 13.4. The molecule has 2 aromatic rings. The number of carbonyl (C=O) groups excluding carboxylic acids is 4. The zero-order chi connectivity index (χ0) is 48.7. The number of methoxy groups -OCH3 is 1. The number of ketones is 1. The number of fused-ring (bicyclic) bond motifs is 1. The summed E-state index contributed by atoms with van der Waals surface area (Å²) >= 11 is 0. The van der Waals surface area contributed by atoms with E-state index in [0.29, 0.717) is 56.7 Å². The maximum Gasteiger partial charge on any atom is 0.410 e. The van der Waals surface area contributed by atoms with Gasteiger partial charge in [-0.05, 0) is 105 Å². The van der Waals surface area contributed by atoms with Gasteiger partial charge in [0.1, 0.15) is 23.8 Å². The van der Waals surface area contributed by atoms with Gasteiger partial charge in [-0.1, -0.05) is 38.1 Å². The number of Topliss-reactive ketones (excluding diaryl/α,β-unsaturated/α-hetero) is 1. The van der Waals surface area contributed by atoms with Gasteiger partial charge in [0.15, 0.2) is 17.7 Å². The van der Waals surface area contributed by atoms with E-state index in [1.807, 2.05) is 78.9 Å². The van der Waals surface area contributed by atoms with E-state index in [1.54, 1.807) is 23.4 Å². The summed E-state index contributed by atoms with van der Waals surface area (Å²) < 4.78 is 33.4. The van der Waals surface area contributed by atoms with Crippen molar-refractivity contribution in [3.8, 4) is 11.3 Å². The van der Waals surface area contributed by atoms with Gasteiger partial charge < -0.3 is 56.2 Å². The van der Waals surface area contributed by atoms with Crippen LogP contribution in [-0.4, -0.2) is 148 Å². The fourth-order valence-corrected chi connectivity index (χ4v) is 9.65.